The maximum Gasteiger partial charge on any atom is 0.573 e. The van der Waals surface area contributed by atoms with Gasteiger partial charge in [0.25, 0.3) is 0 Å². The fourth-order valence-corrected chi connectivity index (χ4v) is 1.77. The molecular weight excluding hydrogens is 314 g/mol. The van der Waals surface area contributed by atoms with Gasteiger partial charge in [0, 0.05) is 5.56 Å². The molecule has 0 aromatic heterocycles. The second-order valence-corrected chi connectivity index (χ2v) is 4.47. The number of unbranched alkanes of at least 4 members (excludes halogenated alkanes) is 1. The van der Waals surface area contributed by atoms with E-state index in [4.69, 9.17) is 5.73 Å². The number of alkyl halides is 3. The quantitative estimate of drug-likeness (QED) is 0.782. The lowest BCUT2D eigenvalue weighted by Gasteiger charge is -2.20. The molecule has 1 rings (SSSR count). The summed E-state index contributed by atoms with van der Waals surface area (Å²) in [7, 11) is 0. The van der Waals surface area contributed by atoms with Crippen LogP contribution >= 0.6 is 12.4 Å². The first kappa shape index (κ1) is 19.9. The molecular formula is C13H18ClF4NO2. The molecule has 8 heteroatoms. The summed E-state index contributed by atoms with van der Waals surface area (Å²) in [6.07, 6.45) is -4.02. The average Bonchev–Trinajstić information content (AvgIpc) is 2.35. The van der Waals surface area contributed by atoms with Gasteiger partial charge < -0.3 is 15.6 Å². The van der Waals surface area contributed by atoms with Crippen LogP contribution in [-0.4, -0.2) is 17.6 Å². The number of aliphatic hydroxyl groups excluding tert-OH is 1. The van der Waals surface area contributed by atoms with E-state index in [1.54, 1.807) is 0 Å². The third kappa shape index (κ3) is 6.50. The summed E-state index contributed by atoms with van der Waals surface area (Å²) in [5, 5.41) is 9.80. The van der Waals surface area contributed by atoms with Crippen molar-refractivity contribution in [1.29, 1.82) is 0 Å². The van der Waals surface area contributed by atoms with Crippen LogP contribution in [0.25, 0.3) is 0 Å². The summed E-state index contributed by atoms with van der Waals surface area (Å²) in [6.45, 7) is 1.91. The van der Waals surface area contributed by atoms with Crippen molar-refractivity contribution in [2.45, 2.75) is 44.7 Å². The van der Waals surface area contributed by atoms with Crippen molar-refractivity contribution in [1.82, 2.24) is 0 Å². The fourth-order valence-electron chi connectivity index (χ4n) is 1.77. The Balaban J connectivity index is 0.00000400. The minimum Gasteiger partial charge on any atom is -0.406 e. The van der Waals surface area contributed by atoms with E-state index in [9.17, 15) is 22.7 Å². The van der Waals surface area contributed by atoms with E-state index in [1.165, 1.54) is 0 Å². The monoisotopic (exact) mass is 331 g/mol. The third-order valence-electron chi connectivity index (χ3n) is 2.83. The average molecular weight is 332 g/mol. The van der Waals surface area contributed by atoms with Gasteiger partial charge in [0.1, 0.15) is 11.6 Å². The largest absolute Gasteiger partial charge is 0.573 e. The van der Waals surface area contributed by atoms with Crippen molar-refractivity contribution in [3.8, 4) is 5.75 Å². The Bertz CT molecular complexity index is 443. The predicted molar refractivity (Wildman–Crippen MR) is 72.8 cm³/mol. The molecule has 0 aliphatic heterocycles. The van der Waals surface area contributed by atoms with Gasteiger partial charge in [-0.25, -0.2) is 4.39 Å². The number of benzene rings is 1. The number of ether oxygens (including phenoxy) is 1. The topological polar surface area (TPSA) is 55.5 Å². The Labute approximate surface area is 126 Å². The van der Waals surface area contributed by atoms with Crippen LogP contribution in [0.5, 0.6) is 5.75 Å². The molecule has 0 aliphatic rings. The van der Waals surface area contributed by atoms with Gasteiger partial charge >= 0.3 is 6.36 Å². The summed E-state index contributed by atoms with van der Waals surface area (Å²) < 4.78 is 53.6. The maximum absolute atomic E-state index is 13.6. The minimum absolute atomic E-state index is 0. The zero-order valence-electron chi connectivity index (χ0n) is 11.4. The molecule has 0 amide bonds. The highest BCUT2D eigenvalue weighted by Gasteiger charge is 2.31. The molecule has 0 unspecified atom stereocenters. The standard InChI is InChI=1S/C13H17F4NO2.ClH/c1-2-3-4-11(19)12(18)9-7-8(5-6-10(9)14)20-13(15,16)17;/h5-7,11-12,19H,2-4,18H2,1H3;1H/t11-,12+;/m1./s1. The van der Waals surface area contributed by atoms with Gasteiger partial charge in [-0.1, -0.05) is 19.8 Å². The van der Waals surface area contributed by atoms with E-state index < -0.39 is 30.1 Å². The molecule has 0 spiro atoms. The van der Waals surface area contributed by atoms with Gasteiger partial charge in [-0.3, -0.25) is 0 Å². The second kappa shape index (κ2) is 8.41. The zero-order chi connectivity index (χ0) is 15.3. The molecule has 0 aliphatic carbocycles. The number of hydrogen-bond donors (Lipinski definition) is 2. The number of hydrogen-bond acceptors (Lipinski definition) is 3. The molecule has 1 aromatic rings. The Morgan fingerprint density at radius 1 is 1.33 bits per heavy atom. The van der Waals surface area contributed by atoms with Crippen molar-refractivity contribution < 1.29 is 27.4 Å². The Kier molecular flexibility index (Phi) is 7.99. The molecule has 0 fully saturated rings. The van der Waals surface area contributed by atoms with Crippen molar-refractivity contribution >= 4 is 12.4 Å². The van der Waals surface area contributed by atoms with Crippen LogP contribution in [0.2, 0.25) is 0 Å². The lowest BCUT2D eigenvalue weighted by atomic mass is 9.98. The van der Waals surface area contributed by atoms with E-state index in [0.717, 1.165) is 24.6 Å². The van der Waals surface area contributed by atoms with Gasteiger partial charge in [-0.2, -0.15) is 0 Å². The Morgan fingerprint density at radius 3 is 2.48 bits per heavy atom. The highest BCUT2D eigenvalue weighted by atomic mass is 35.5. The van der Waals surface area contributed by atoms with Gasteiger partial charge in [0.15, 0.2) is 0 Å². The van der Waals surface area contributed by atoms with Crippen LogP contribution < -0.4 is 10.5 Å². The van der Waals surface area contributed by atoms with Crippen molar-refractivity contribution in [2.75, 3.05) is 0 Å². The van der Waals surface area contributed by atoms with Gasteiger partial charge in [-0.05, 0) is 24.6 Å². The van der Waals surface area contributed by atoms with Crippen LogP contribution in [0.4, 0.5) is 17.6 Å². The molecule has 0 heterocycles. The fraction of sp³-hybridized carbons (Fsp3) is 0.538. The van der Waals surface area contributed by atoms with Crippen LogP contribution in [0, 0.1) is 5.82 Å². The second-order valence-electron chi connectivity index (χ2n) is 4.47. The van der Waals surface area contributed by atoms with E-state index in [1.807, 2.05) is 6.92 Å². The summed E-state index contributed by atoms with van der Waals surface area (Å²) in [5.74, 6) is -1.34. The maximum atomic E-state index is 13.6. The van der Waals surface area contributed by atoms with Crippen LogP contribution in [0.1, 0.15) is 37.8 Å². The molecule has 0 saturated heterocycles. The Hall–Kier alpha value is -1.05. The van der Waals surface area contributed by atoms with Crippen molar-refractivity contribution in [2.24, 2.45) is 5.73 Å². The molecule has 3 nitrogen and oxygen atoms in total. The van der Waals surface area contributed by atoms with Crippen LogP contribution in [0.15, 0.2) is 18.2 Å². The van der Waals surface area contributed by atoms with Gasteiger partial charge in [0.05, 0.1) is 12.1 Å². The first-order chi connectivity index (χ1) is 9.24. The van der Waals surface area contributed by atoms with E-state index in [-0.39, 0.29) is 18.0 Å². The Morgan fingerprint density at radius 2 is 1.95 bits per heavy atom. The first-order valence-electron chi connectivity index (χ1n) is 6.23. The molecule has 0 saturated carbocycles. The zero-order valence-corrected chi connectivity index (χ0v) is 12.2. The molecule has 0 radical (unpaired) electrons. The summed E-state index contributed by atoms with van der Waals surface area (Å²) in [4.78, 5) is 0. The highest BCUT2D eigenvalue weighted by molar-refractivity contribution is 5.85. The number of rotatable bonds is 6. The summed E-state index contributed by atoms with van der Waals surface area (Å²) in [5.41, 5.74) is 5.49. The SMILES string of the molecule is CCCC[C@@H](O)[C@@H](N)c1cc(OC(F)(F)F)ccc1F.Cl. The molecule has 0 bridgehead atoms. The predicted octanol–water partition coefficient (Wildman–Crippen LogP) is 3.70. The smallest absolute Gasteiger partial charge is 0.406 e. The highest BCUT2D eigenvalue weighted by Crippen LogP contribution is 2.28. The van der Waals surface area contributed by atoms with Crippen LogP contribution in [0.3, 0.4) is 0 Å². The van der Waals surface area contributed by atoms with E-state index >= 15 is 0 Å². The van der Waals surface area contributed by atoms with Gasteiger partial charge in [-0.15, -0.1) is 25.6 Å². The molecule has 1 aromatic carbocycles. The first-order valence-corrected chi connectivity index (χ1v) is 6.23. The summed E-state index contributed by atoms with van der Waals surface area (Å²) >= 11 is 0. The minimum atomic E-state index is -4.86. The van der Waals surface area contributed by atoms with Crippen molar-refractivity contribution in [3.63, 3.8) is 0 Å². The molecule has 2 atom stereocenters. The molecule has 3 N–H and O–H groups in total. The number of aliphatic hydroxyl groups is 1. The summed E-state index contributed by atoms with van der Waals surface area (Å²) in [6, 6.07) is 1.46. The lowest BCUT2D eigenvalue weighted by molar-refractivity contribution is -0.274. The number of halogens is 5. The van der Waals surface area contributed by atoms with Crippen LogP contribution in [-0.2, 0) is 0 Å². The van der Waals surface area contributed by atoms with Crippen molar-refractivity contribution in [3.05, 3.63) is 29.6 Å². The lowest BCUT2D eigenvalue weighted by Crippen LogP contribution is -2.27. The molecule has 122 valence electrons. The van der Waals surface area contributed by atoms with Gasteiger partial charge in [0.2, 0.25) is 0 Å². The van der Waals surface area contributed by atoms with E-state index in [0.29, 0.717) is 12.8 Å². The van der Waals surface area contributed by atoms with E-state index in [2.05, 4.69) is 4.74 Å². The number of nitrogens with two attached hydrogens (primary N) is 1. The molecule has 21 heavy (non-hydrogen) atoms. The third-order valence-corrected chi connectivity index (χ3v) is 2.83. The normalized spacial score (nSPS) is 14.2.